The number of unbranched alkanes of at least 4 members (excludes halogenated alkanes) is 1. The van der Waals surface area contributed by atoms with Gasteiger partial charge in [0.2, 0.25) is 0 Å². The number of ether oxygens (including phenoxy) is 1. The summed E-state index contributed by atoms with van der Waals surface area (Å²) in [7, 11) is 1.52. The Balaban J connectivity index is 1.71. The molecule has 4 heteroatoms. The highest BCUT2D eigenvalue weighted by Gasteiger charge is 2.50. The number of carbonyl (C=O) groups excluding carboxylic acids is 1. The Labute approximate surface area is 145 Å². The molecule has 0 spiro atoms. The first-order chi connectivity index (χ1) is 11.7. The van der Waals surface area contributed by atoms with Gasteiger partial charge in [0.25, 0.3) is 0 Å². The van der Waals surface area contributed by atoms with Crippen LogP contribution in [-0.2, 0) is 19.3 Å². The Kier molecular flexibility index (Phi) is 5.77. The average molecular weight is 334 g/mol. The predicted molar refractivity (Wildman–Crippen MR) is 92.0 cm³/mol. The first-order valence-corrected chi connectivity index (χ1v) is 9.43. The molecule has 0 radical (unpaired) electrons. The number of hydrogen-bond acceptors (Lipinski definition) is 4. The molecule has 3 rings (SSSR count). The van der Waals surface area contributed by atoms with Gasteiger partial charge in [-0.15, -0.1) is 0 Å². The fourth-order valence-electron chi connectivity index (χ4n) is 4.64. The van der Waals surface area contributed by atoms with E-state index in [1.165, 1.54) is 7.11 Å². The minimum Gasteiger partial charge on any atom is -0.455 e. The lowest BCUT2D eigenvalue weighted by atomic mass is 9.82. The lowest BCUT2D eigenvalue weighted by molar-refractivity contribution is -0.283. The standard InChI is InChI=1S/C20H30O4/c1-3-4-10-20(11-6-5-7-12-20)24-19(21)18-16-9-8-15(13-16)17(18)14-23-22-2/h6,8-9,11,15-18H,3-5,7,10,12-14H2,1-2H3. The number of carbonyl (C=O) groups is 1. The van der Waals surface area contributed by atoms with Gasteiger partial charge in [-0.25, -0.2) is 9.78 Å². The van der Waals surface area contributed by atoms with Gasteiger partial charge in [0.05, 0.1) is 19.6 Å². The third-order valence-electron chi connectivity index (χ3n) is 5.92. The third kappa shape index (κ3) is 3.60. The van der Waals surface area contributed by atoms with Crippen LogP contribution in [0.2, 0.25) is 0 Å². The second-order valence-corrected chi connectivity index (χ2v) is 7.47. The van der Waals surface area contributed by atoms with Crippen LogP contribution in [0.4, 0.5) is 0 Å². The summed E-state index contributed by atoms with van der Waals surface area (Å²) in [6.07, 6.45) is 16.1. The van der Waals surface area contributed by atoms with Gasteiger partial charge in [-0.05, 0) is 56.4 Å². The summed E-state index contributed by atoms with van der Waals surface area (Å²) >= 11 is 0. The zero-order valence-electron chi connectivity index (χ0n) is 14.9. The molecule has 1 saturated carbocycles. The van der Waals surface area contributed by atoms with Crippen molar-refractivity contribution in [1.29, 1.82) is 0 Å². The van der Waals surface area contributed by atoms with E-state index in [-0.39, 0.29) is 23.4 Å². The first-order valence-electron chi connectivity index (χ1n) is 9.43. The molecule has 4 nitrogen and oxygen atoms in total. The van der Waals surface area contributed by atoms with E-state index in [0.717, 1.165) is 44.9 Å². The molecule has 0 aliphatic heterocycles. The predicted octanol–water partition coefficient (Wildman–Crippen LogP) is 4.22. The molecular weight excluding hydrogens is 304 g/mol. The van der Waals surface area contributed by atoms with Crippen molar-refractivity contribution in [3.8, 4) is 0 Å². The van der Waals surface area contributed by atoms with Crippen LogP contribution in [0.5, 0.6) is 0 Å². The van der Waals surface area contributed by atoms with E-state index in [4.69, 9.17) is 14.5 Å². The number of esters is 1. The maximum absolute atomic E-state index is 13.1. The Morgan fingerprint density at radius 1 is 1.29 bits per heavy atom. The van der Waals surface area contributed by atoms with Crippen molar-refractivity contribution < 1.29 is 19.3 Å². The van der Waals surface area contributed by atoms with Crippen molar-refractivity contribution in [2.75, 3.05) is 13.7 Å². The zero-order chi connectivity index (χ0) is 17.0. The molecule has 2 bridgehead atoms. The second-order valence-electron chi connectivity index (χ2n) is 7.47. The Morgan fingerprint density at radius 3 is 2.83 bits per heavy atom. The highest BCUT2D eigenvalue weighted by atomic mass is 17.2. The van der Waals surface area contributed by atoms with Gasteiger partial charge < -0.3 is 4.74 Å². The van der Waals surface area contributed by atoms with Crippen LogP contribution >= 0.6 is 0 Å². The Morgan fingerprint density at radius 2 is 2.12 bits per heavy atom. The van der Waals surface area contributed by atoms with E-state index in [1.54, 1.807) is 0 Å². The summed E-state index contributed by atoms with van der Waals surface area (Å²) in [6, 6.07) is 0. The summed E-state index contributed by atoms with van der Waals surface area (Å²) in [5.74, 6) is 0.742. The monoisotopic (exact) mass is 334 g/mol. The normalized spacial score (nSPS) is 37.1. The summed E-state index contributed by atoms with van der Waals surface area (Å²) in [6.45, 7) is 2.64. The molecule has 0 N–H and O–H groups in total. The number of allylic oxidation sites excluding steroid dienone is 3. The fourth-order valence-corrected chi connectivity index (χ4v) is 4.64. The SMILES string of the molecule is CCCCC1(OC(=O)C2C3C=CC(C3)C2COOC)C=CCCC1. The van der Waals surface area contributed by atoms with Gasteiger partial charge in [0, 0.05) is 5.92 Å². The van der Waals surface area contributed by atoms with Crippen molar-refractivity contribution in [3.05, 3.63) is 24.3 Å². The molecule has 5 atom stereocenters. The van der Waals surface area contributed by atoms with Gasteiger partial charge in [-0.3, -0.25) is 4.79 Å². The van der Waals surface area contributed by atoms with Gasteiger partial charge in [-0.2, -0.15) is 0 Å². The number of fused-ring (bicyclic) bond motifs is 2. The van der Waals surface area contributed by atoms with Crippen molar-refractivity contribution >= 4 is 5.97 Å². The van der Waals surface area contributed by atoms with E-state index in [1.807, 2.05) is 0 Å². The molecule has 0 aromatic heterocycles. The molecule has 24 heavy (non-hydrogen) atoms. The highest BCUT2D eigenvalue weighted by Crippen LogP contribution is 2.49. The van der Waals surface area contributed by atoms with E-state index in [0.29, 0.717) is 18.4 Å². The molecule has 0 amide bonds. The zero-order valence-corrected chi connectivity index (χ0v) is 14.9. The van der Waals surface area contributed by atoms with Crippen LogP contribution in [0.15, 0.2) is 24.3 Å². The van der Waals surface area contributed by atoms with Crippen LogP contribution < -0.4 is 0 Å². The molecule has 3 aliphatic carbocycles. The maximum Gasteiger partial charge on any atom is 0.310 e. The van der Waals surface area contributed by atoms with E-state index in [9.17, 15) is 4.79 Å². The average Bonchev–Trinajstić information content (AvgIpc) is 3.20. The highest BCUT2D eigenvalue weighted by molar-refractivity contribution is 5.75. The maximum atomic E-state index is 13.1. The summed E-state index contributed by atoms with van der Waals surface area (Å²) in [5, 5.41) is 0. The largest absolute Gasteiger partial charge is 0.455 e. The molecule has 0 aromatic rings. The Hall–Kier alpha value is -1.13. The summed E-state index contributed by atoms with van der Waals surface area (Å²) in [4.78, 5) is 23.0. The topological polar surface area (TPSA) is 44.8 Å². The molecule has 5 unspecified atom stereocenters. The lowest BCUT2D eigenvalue weighted by Gasteiger charge is -2.36. The van der Waals surface area contributed by atoms with Crippen LogP contribution in [0.1, 0.15) is 51.9 Å². The van der Waals surface area contributed by atoms with Crippen molar-refractivity contribution in [3.63, 3.8) is 0 Å². The lowest BCUT2D eigenvalue weighted by Crippen LogP contribution is -2.40. The van der Waals surface area contributed by atoms with Gasteiger partial charge in [0.1, 0.15) is 5.60 Å². The molecule has 0 heterocycles. The molecule has 3 aliphatic rings. The quantitative estimate of drug-likeness (QED) is 0.289. The van der Waals surface area contributed by atoms with E-state index < -0.39 is 0 Å². The molecule has 0 saturated heterocycles. The van der Waals surface area contributed by atoms with Crippen molar-refractivity contribution in [2.24, 2.45) is 23.7 Å². The molecule has 0 aromatic carbocycles. The molecular formula is C20H30O4. The van der Waals surface area contributed by atoms with E-state index >= 15 is 0 Å². The second kappa shape index (κ2) is 7.83. The molecule has 134 valence electrons. The van der Waals surface area contributed by atoms with Crippen LogP contribution in [-0.4, -0.2) is 25.3 Å². The van der Waals surface area contributed by atoms with Crippen LogP contribution in [0.3, 0.4) is 0 Å². The summed E-state index contributed by atoms with van der Waals surface area (Å²) < 4.78 is 6.17. The van der Waals surface area contributed by atoms with Gasteiger partial charge >= 0.3 is 5.97 Å². The number of hydrogen-bond donors (Lipinski definition) is 0. The van der Waals surface area contributed by atoms with E-state index in [2.05, 4.69) is 31.2 Å². The summed E-state index contributed by atoms with van der Waals surface area (Å²) in [5.41, 5.74) is -0.385. The first kappa shape index (κ1) is 17.7. The van der Waals surface area contributed by atoms with Crippen LogP contribution in [0, 0.1) is 23.7 Å². The van der Waals surface area contributed by atoms with Crippen LogP contribution in [0.25, 0.3) is 0 Å². The van der Waals surface area contributed by atoms with Gasteiger partial charge in [-0.1, -0.05) is 31.6 Å². The molecule has 1 fully saturated rings. The smallest absolute Gasteiger partial charge is 0.310 e. The van der Waals surface area contributed by atoms with Crippen molar-refractivity contribution in [2.45, 2.75) is 57.5 Å². The minimum atomic E-state index is -0.385. The Bertz CT molecular complexity index is 498. The third-order valence-corrected chi connectivity index (χ3v) is 5.92. The fraction of sp³-hybridized carbons (Fsp3) is 0.750. The van der Waals surface area contributed by atoms with Crippen molar-refractivity contribution in [1.82, 2.24) is 0 Å². The minimum absolute atomic E-state index is 0.0424. The number of rotatable bonds is 8. The van der Waals surface area contributed by atoms with Gasteiger partial charge in [0.15, 0.2) is 0 Å².